The van der Waals surface area contributed by atoms with Gasteiger partial charge in [0.25, 0.3) is 10.2 Å². The van der Waals surface area contributed by atoms with Crippen LogP contribution in [0.5, 0.6) is 0 Å². The predicted molar refractivity (Wildman–Crippen MR) is 67.3 cm³/mol. The van der Waals surface area contributed by atoms with Gasteiger partial charge in [-0.15, -0.1) is 0 Å². The van der Waals surface area contributed by atoms with Crippen LogP contribution in [-0.2, 0) is 14.9 Å². The van der Waals surface area contributed by atoms with Gasteiger partial charge < -0.3 is 9.84 Å². The average molecular weight is 278 g/mol. The van der Waals surface area contributed by atoms with E-state index >= 15 is 0 Å². The molecule has 1 unspecified atom stereocenters. The fraction of sp³-hybridized carbons (Fsp3) is 1.00. The van der Waals surface area contributed by atoms with Crippen molar-refractivity contribution in [1.82, 2.24) is 8.61 Å². The monoisotopic (exact) mass is 278 g/mol. The van der Waals surface area contributed by atoms with Crippen LogP contribution in [0.1, 0.15) is 19.8 Å². The van der Waals surface area contributed by atoms with E-state index in [9.17, 15) is 8.42 Å². The van der Waals surface area contributed by atoms with Gasteiger partial charge >= 0.3 is 0 Å². The third-order valence-corrected chi connectivity index (χ3v) is 5.91. The van der Waals surface area contributed by atoms with E-state index in [1.54, 1.807) is 4.31 Å². The number of rotatable bonds is 3. The first-order chi connectivity index (χ1) is 8.55. The van der Waals surface area contributed by atoms with E-state index in [4.69, 9.17) is 9.84 Å². The van der Waals surface area contributed by atoms with E-state index < -0.39 is 10.2 Å². The molecule has 0 aromatic carbocycles. The molecular formula is C11H22N2O4S. The van der Waals surface area contributed by atoms with Gasteiger partial charge in [-0.2, -0.15) is 17.0 Å². The minimum atomic E-state index is -3.36. The number of piperidine rings is 1. The van der Waals surface area contributed by atoms with Crippen LogP contribution in [0, 0.1) is 5.92 Å². The molecule has 0 amide bonds. The van der Waals surface area contributed by atoms with Crippen LogP contribution in [0.15, 0.2) is 0 Å². The van der Waals surface area contributed by atoms with Crippen molar-refractivity contribution in [2.75, 3.05) is 39.5 Å². The summed E-state index contributed by atoms with van der Waals surface area (Å²) >= 11 is 0. The van der Waals surface area contributed by atoms with Crippen LogP contribution in [-0.4, -0.2) is 67.6 Å². The second-order valence-corrected chi connectivity index (χ2v) is 6.95. The molecule has 18 heavy (non-hydrogen) atoms. The molecule has 0 radical (unpaired) electrons. The number of aliphatic hydroxyl groups excluding tert-OH is 1. The zero-order valence-electron chi connectivity index (χ0n) is 10.8. The van der Waals surface area contributed by atoms with E-state index in [1.807, 2.05) is 6.92 Å². The Bertz CT molecular complexity index is 365. The lowest BCUT2D eigenvalue weighted by atomic mass is 10.00. The Morgan fingerprint density at radius 3 is 2.50 bits per heavy atom. The Labute approximate surface area is 109 Å². The molecule has 6 nitrogen and oxygen atoms in total. The van der Waals surface area contributed by atoms with Crippen LogP contribution >= 0.6 is 0 Å². The molecule has 2 aliphatic heterocycles. The number of ether oxygens (including phenoxy) is 1. The topological polar surface area (TPSA) is 70.1 Å². The fourth-order valence-electron chi connectivity index (χ4n) is 2.53. The molecule has 0 aliphatic carbocycles. The molecule has 0 saturated carbocycles. The lowest BCUT2D eigenvalue weighted by molar-refractivity contribution is 0.0353. The van der Waals surface area contributed by atoms with E-state index in [-0.39, 0.29) is 18.6 Å². The highest BCUT2D eigenvalue weighted by atomic mass is 32.2. The van der Waals surface area contributed by atoms with Gasteiger partial charge in [0.15, 0.2) is 0 Å². The quantitative estimate of drug-likeness (QED) is 0.766. The molecule has 1 atom stereocenters. The van der Waals surface area contributed by atoms with Gasteiger partial charge in [0.2, 0.25) is 0 Å². The zero-order valence-corrected chi connectivity index (χ0v) is 11.6. The molecule has 0 spiro atoms. The molecule has 0 aromatic heterocycles. The van der Waals surface area contributed by atoms with E-state index in [1.165, 1.54) is 4.31 Å². The Morgan fingerprint density at radius 2 is 1.94 bits per heavy atom. The summed E-state index contributed by atoms with van der Waals surface area (Å²) in [4.78, 5) is 0. The van der Waals surface area contributed by atoms with Gasteiger partial charge in [-0.1, -0.05) is 0 Å². The molecule has 2 rings (SSSR count). The molecule has 2 saturated heterocycles. The van der Waals surface area contributed by atoms with Gasteiger partial charge in [0.05, 0.1) is 13.2 Å². The van der Waals surface area contributed by atoms with Crippen molar-refractivity contribution in [2.24, 2.45) is 5.92 Å². The van der Waals surface area contributed by atoms with E-state index in [0.29, 0.717) is 32.8 Å². The van der Waals surface area contributed by atoms with Crippen molar-refractivity contribution < 1.29 is 18.3 Å². The smallest absolute Gasteiger partial charge is 0.282 e. The standard InChI is InChI=1S/C11H22N2O4S/c1-10-9-17-7-6-13(10)18(15,16)12-4-2-11(8-14)3-5-12/h10-11,14H,2-9H2,1H3. The van der Waals surface area contributed by atoms with Gasteiger partial charge in [-0.3, -0.25) is 0 Å². The van der Waals surface area contributed by atoms with E-state index in [0.717, 1.165) is 12.8 Å². The Balaban J connectivity index is 2.02. The summed E-state index contributed by atoms with van der Waals surface area (Å²) in [5.41, 5.74) is 0. The SMILES string of the molecule is CC1COCCN1S(=O)(=O)N1CCC(CO)CC1. The summed E-state index contributed by atoms with van der Waals surface area (Å²) in [6.45, 7) is 4.42. The van der Waals surface area contributed by atoms with Crippen LogP contribution in [0.4, 0.5) is 0 Å². The average Bonchev–Trinajstić information content (AvgIpc) is 2.39. The highest BCUT2D eigenvalue weighted by Gasteiger charge is 2.36. The molecule has 0 bridgehead atoms. The lowest BCUT2D eigenvalue weighted by Gasteiger charge is -2.38. The normalized spacial score (nSPS) is 29.6. The largest absolute Gasteiger partial charge is 0.396 e. The predicted octanol–water partition coefficient (Wildman–Crippen LogP) is -0.344. The van der Waals surface area contributed by atoms with Crippen molar-refractivity contribution in [1.29, 1.82) is 0 Å². The third kappa shape index (κ3) is 2.85. The summed E-state index contributed by atoms with van der Waals surface area (Å²) in [6.07, 6.45) is 1.49. The van der Waals surface area contributed by atoms with Gasteiger partial charge in [-0.25, -0.2) is 0 Å². The molecule has 7 heteroatoms. The van der Waals surface area contributed by atoms with Crippen LogP contribution in [0.3, 0.4) is 0 Å². The number of morpholine rings is 1. The summed E-state index contributed by atoms with van der Waals surface area (Å²) in [6, 6.07) is -0.0979. The minimum Gasteiger partial charge on any atom is -0.396 e. The zero-order chi connectivity index (χ0) is 13.2. The van der Waals surface area contributed by atoms with Crippen molar-refractivity contribution in [3.05, 3.63) is 0 Å². The van der Waals surface area contributed by atoms with Gasteiger partial charge in [0.1, 0.15) is 0 Å². The van der Waals surface area contributed by atoms with Crippen molar-refractivity contribution >= 4 is 10.2 Å². The maximum absolute atomic E-state index is 12.5. The Morgan fingerprint density at radius 1 is 1.28 bits per heavy atom. The van der Waals surface area contributed by atoms with Crippen LogP contribution in [0.2, 0.25) is 0 Å². The molecule has 1 N–H and O–H groups in total. The van der Waals surface area contributed by atoms with Crippen molar-refractivity contribution in [3.63, 3.8) is 0 Å². The number of aliphatic hydroxyl groups is 1. The third-order valence-electron chi connectivity index (χ3n) is 3.76. The first-order valence-corrected chi connectivity index (χ1v) is 7.91. The summed E-state index contributed by atoms with van der Waals surface area (Å²) in [7, 11) is -3.36. The van der Waals surface area contributed by atoms with Crippen LogP contribution in [0.25, 0.3) is 0 Å². The number of hydrogen-bond donors (Lipinski definition) is 1. The van der Waals surface area contributed by atoms with E-state index in [2.05, 4.69) is 0 Å². The highest BCUT2D eigenvalue weighted by molar-refractivity contribution is 7.86. The fourth-order valence-corrected chi connectivity index (χ4v) is 4.32. The van der Waals surface area contributed by atoms with Crippen molar-refractivity contribution in [2.45, 2.75) is 25.8 Å². The van der Waals surface area contributed by atoms with Crippen LogP contribution < -0.4 is 0 Å². The summed E-state index contributed by atoms with van der Waals surface area (Å²) in [5, 5.41) is 9.08. The molecule has 2 heterocycles. The van der Waals surface area contributed by atoms with Crippen molar-refractivity contribution in [3.8, 4) is 0 Å². The Hall–Kier alpha value is -0.210. The molecule has 2 fully saturated rings. The van der Waals surface area contributed by atoms with Gasteiger partial charge in [0, 0.05) is 32.3 Å². The molecule has 2 aliphatic rings. The number of nitrogens with zero attached hydrogens (tertiary/aromatic N) is 2. The molecular weight excluding hydrogens is 256 g/mol. The lowest BCUT2D eigenvalue weighted by Crippen LogP contribution is -2.54. The molecule has 106 valence electrons. The highest BCUT2D eigenvalue weighted by Crippen LogP contribution is 2.23. The first kappa shape index (κ1) is 14.2. The Kier molecular flexibility index (Phi) is 4.60. The first-order valence-electron chi connectivity index (χ1n) is 6.51. The molecule has 0 aromatic rings. The minimum absolute atomic E-state index is 0.0979. The maximum Gasteiger partial charge on any atom is 0.282 e. The summed E-state index contributed by atoms with van der Waals surface area (Å²) in [5.74, 6) is 0.249. The second-order valence-electron chi connectivity index (χ2n) is 5.07. The maximum atomic E-state index is 12.5. The number of hydrogen-bond acceptors (Lipinski definition) is 4. The van der Waals surface area contributed by atoms with Gasteiger partial charge in [-0.05, 0) is 25.7 Å². The second kappa shape index (κ2) is 5.83. The summed E-state index contributed by atoms with van der Waals surface area (Å²) < 4.78 is 33.3.